The van der Waals surface area contributed by atoms with Crippen molar-refractivity contribution < 1.29 is 4.74 Å². The second-order valence-corrected chi connectivity index (χ2v) is 5.95. The standard InChI is InChI=1S/C17H25N3O/c1-11(2)18-10-16-14(5)19-20(6)17(16)21-15-8-12(3)7-13(4)9-15/h7-9,11,18H,10H2,1-6H3. The summed E-state index contributed by atoms with van der Waals surface area (Å²) in [5, 5.41) is 7.91. The second kappa shape index (κ2) is 6.31. The van der Waals surface area contributed by atoms with E-state index in [9.17, 15) is 0 Å². The highest BCUT2D eigenvalue weighted by Gasteiger charge is 2.15. The van der Waals surface area contributed by atoms with Crippen LogP contribution in [0.5, 0.6) is 11.6 Å². The minimum atomic E-state index is 0.429. The molecular weight excluding hydrogens is 262 g/mol. The Hall–Kier alpha value is -1.81. The Labute approximate surface area is 127 Å². The van der Waals surface area contributed by atoms with Crippen LogP contribution in [0.1, 0.15) is 36.2 Å². The fraction of sp³-hybridized carbons (Fsp3) is 0.471. The SMILES string of the molecule is Cc1cc(C)cc(Oc2c(CNC(C)C)c(C)nn2C)c1. The molecule has 1 heterocycles. The van der Waals surface area contributed by atoms with E-state index in [0.717, 1.165) is 29.4 Å². The molecule has 0 radical (unpaired) electrons. The van der Waals surface area contributed by atoms with E-state index >= 15 is 0 Å². The van der Waals surface area contributed by atoms with Gasteiger partial charge in [-0.3, -0.25) is 0 Å². The van der Waals surface area contributed by atoms with Gasteiger partial charge in [0.1, 0.15) is 5.75 Å². The Balaban J connectivity index is 2.30. The normalized spacial score (nSPS) is 11.2. The molecule has 0 spiro atoms. The lowest BCUT2D eigenvalue weighted by molar-refractivity contribution is 0.422. The maximum absolute atomic E-state index is 6.12. The minimum Gasteiger partial charge on any atom is -0.439 e. The van der Waals surface area contributed by atoms with E-state index in [0.29, 0.717) is 6.04 Å². The molecule has 0 aliphatic heterocycles. The van der Waals surface area contributed by atoms with Crippen molar-refractivity contribution in [2.24, 2.45) is 7.05 Å². The van der Waals surface area contributed by atoms with Gasteiger partial charge in [-0.2, -0.15) is 5.10 Å². The quantitative estimate of drug-likeness (QED) is 0.912. The first-order chi connectivity index (χ1) is 9.86. The number of ether oxygens (including phenoxy) is 1. The molecule has 1 N–H and O–H groups in total. The van der Waals surface area contributed by atoms with E-state index in [1.54, 1.807) is 0 Å². The molecule has 2 aromatic rings. The fourth-order valence-electron chi connectivity index (χ4n) is 2.42. The van der Waals surface area contributed by atoms with Gasteiger partial charge in [-0.1, -0.05) is 19.9 Å². The number of nitrogens with zero attached hydrogens (tertiary/aromatic N) is 2. The van der Waals surface area contributed by atoms with Crippen LogP contribution in [0.2, 0.25) is 0 Å². The van der Waals surface area contributed by atoms with Crippen molar-refractivity contribution in [2.75, 3.05) is 0 Å². The van der Waals surface area contributed by atoms with Crippen molar-refractivity contribution in [1.29, 1.82) is 0 Å². The molecule has 1 aromatic heterocycles. The smallest absolute Gasteiger partial charge is 0.222 e. The molecule has 0 fully saturated rings. The lowest BCUT2D eigenvalue weighted by atomic mass is 10.1. The van der Waals surface area contributed by atoms with E-state index < -0.39 is 0 Å². The maximum Gasteiger partial charge on any atom is 0.222 e. The number of benzene rings is 1. The summed E-state index contributed by atoms with van der Waals surface area (Å²) in [5.74, 6) is 1.67. The number of aryl methyl sites for hydroxylation is 4. The zero-order valence-electron chi connectivity index (χ0n) is 13.8. The molecule has 114 valence electrons. The largest absolute Gasteiger partial charge is 0.439 e. The molecule has 1 aromatic carbocycles. The second-order valence-electron chi connectivity index (χ2n) is 5.95. The predicted octanol–water partition coefficient (Wildman–Crippen LogP) is 3.64. The highest BCUT2D eigenvalue weighted by Crippen LogP contribution is 2.28. The molecule has 0 bridgehead atoms. The number of hydrogen-bond donors (Lipinski definition) is 1. The van der Waals surface area contributed by atoms with Crippen molar-refractivity contribution in [1.82, 2.24) is 15.1 Å². The van der Waals surface area contributed by atoms with Gasteiger partial charge in [0.15, 0.2) is 0 Å². The third kappa shape index (κ3) is 3.85. The van der Waals surface area contributed by atoms with Gasteiger partial charge in [0, 0.05) is 19.6 Å². The average Bonchev–Trinajstić information content (AvgIpc) is 2.60. The Kier molecular flexibility index (Phi) is 4.68. The molecule has 2 rings (SSSR count). The van der Waals surface area contributed by atoms with Crippen LogP contribution in [0.4, 0.5) is 0 Å². The highest BCUT2D eigenvalue weighted by molar-refractivity contribution is 5.39. The van der Waals surface area contributed by atoms with E-state index in [2.05, 4.69) is 56.3 Å². The number of hydrogen-bond acceptors (Lipinski definition) is 3. The Morgan fingerprint density at radius 1 is 1.14 bits per heavy atom. The summed E-state index contributed by atoms with van der Waals surface area (Å²) in [4.78, 5) is 0. The van der Waals surface area contributed by atoms with Crippen LogP contribution in [0, 0.1) is 20.8 Å². The zero-order valence-corrected chi connectivity index (χ0v) is 13.8. The van der Waals surface area contributed by atoms with Gasteiger partial charge in [0.05, 0.1) is 11.3 Å². The summed E-state index contributed by atoms with van der Waals surface area (Å²) in [7, 11) is 1.92. The molecule has 0 amide bonds. The maximum atomic E-state index is 6.12. The summed E-state index contributed by atoms with van der Waals surface area (Å²) in [5.41, 5.74) is 4.52. The summed E-state index contributed by atoms with van der Waals surface area (Å²) in [6.07, 6.45) is 0. The molecular formula is C17H25N3O. The third-order valence-corrected chi connectivity index (χ3v) is 3.39. The van der Waals surface area contributed by atoms with Gasteiger partial charge in [-0.15, -0.1) is 0 Å². The van der Waals surface area contributed by atoms with Crippen LogP contribution >= 0.6 is 0 Å². The summed E-state index contributed by atoms with van der Waals surface area (Å²) >= 11 is 0. The first-order valence-corrected chi connectivity index (χ1v) is 7.39. The summed E-state index contributed by atoms with van der Waals surface area (Å²) in [6.45, 7) is 11.2. The molecule has 0 saturated heterocycles. The van der Waals surface area contributed by atoms with Gasteiger partial charge in [-0.05, 0) is 44.0 Å². The number of aromatic nitrogens is 2. The topological polar surface area (TPSA) is 39.1 Å². The van der Waals surface area contributed by atoms with Gasteiger partial charge in [0.25, 0.3) is 0 Å². The van der Waals surface area contributed by atoms with Crippen molar-refractivity contribution in [3.05, 3.63) is 40.6 Å². The molecule has 0 atom stereocenters. The van der Waals surface area contributed by atoms with Crippen molar-refractivity contribution in [3.63, 3.8) is 0 Å². The summed E-state index contributed by atoms with van der Waals surface area (Å²) in [6, 6.07) is 6.67. The highest BCUT2D eigenvalue weighted by atomic mass is 16.5. The Morgan fingerprint density at radius 3 is 2.33 bits per heavy atom. The predicted molar refractivity (Wildman–Crippen MR) is 85.9 cm³/mol. The summed E-state index contributed by atoms with van der Waals surface area (Å²) < 4.78 is 7.93. The third-order valence-electron chi connectivity index (χ3n) is 3.39. The van der Waals surface area contributed by atoms with Crippen LogP contribution in [0.15, 0.2) is 18.2 Å². The zero-order chi connectivity index (χ0) is 15.6. The minimum absolute atomic E-state index is 0.429. The molecule has 4 heteroatoms. The number of rotatable bonds is 5. The van der Waals surface area contributed by atoms with Gasteiger partial charge < -0.3 is 10.1 Å². The molecule has 0 saturated carbocycles. The molecule has 0 aliphatic carbocycles. The fourth-order valence-corrected chi connectivity index (χ4v) is 2.42. The van der Waals surface area contributed by atoms with Crippen LogP contribution in [0.3, 0.4) is 0 Å². The van der Waals surface area contributed by atoms with Crippen molar-refractivity contribution >= 4 is 0 Å². The van der Waals surface area contributed by atoms with Crippen LogP contribution in [-0.4, -0.2) is 15.8 Å². The Bertz CT molecular complexity index is 609. The van der Waals surface area contributed by atoms with E-state index in [1.807, 2.05) is 18.7 Å². The number of nitrogens with one attached hydrogen (secondary N) is 1. The van der Waals surface area contributed by atoms with Crippen LogP contribution in [-0.2, 0) is 13.6 Å². The molecule has 4 nitrogen and oxygen atoms in total. The van der Waals surface area contributed by atoms with E-state index in [-0.39, 0.29) is 0 Å². The first-order valence-electron chi connectivity index (χ1n) is 7.39. The van der Waals surface area contributed by atoms with Crippen LogP contribution < -0.4 is 10.1 Å². The van der Waals surface area contributed by atoms with Crippen molar-refractivity contribution in [3.8, 4) is 11.6 Å². The lowest BCUT2D eigenvalue weighted by Gasteiger charge is -2.12. The van der Waals surface area contributed by atoms with E-state index in [4.69, 9.17) is 4.74 Å². The first kappa shape index (κ1) is 15.6. The Morgan fingerprint density at radius 2 is 1.76 bits per heavy atom. The molecule has 21 heavy (non-hydrogen) atoms. The lowest BCUT2D eigenvalue weighted by Crippen LogP contribution is -2.22. The molecule has 0 unspecified atom stereocenters. The monoisotopic (exact) mass is 287 g/mol. The van der Waals surface area contributed by atoms with Gasteiger partial charge in [-0.25, -0.2) is 4.68 Å². The van der Waals surface area contributed by atoms with Gasteiger partial charge >= 0.3 is 0 Å². The average molecular weight is 287 g/mol. The van der Waals surface area contributed by atoms with Crippen molar-refractivity contribution in [2.45, 2.75) is 47.2 Å². The van der Waals surface area contributed by atoms with Crippen LogP contribution in [0.25, 0.3) is 0 Å². The van der Waals surface area contributed by atoms with E-state index in [1.165, 1.54) is 11.1 Å². The van der Waals surface area contributed by atoms with Gasteiger partial charge in [0.2, 0.25) is 5.88 Å². The molecule has 0 aliphatic rings.